The number of halogens is 1. The van der Waals surface area contributed by atoms with Crippen LogP contribution in [-0.2, 0) is 16.0 Å². The molecule has 3 atom stereocenters. The Kier molecular flexibility index (Phi) is 5.13. The topological polar surface area (TPSA) is 66.8 Å². The molecule has 5 nitrogen and oxygen atoms in total. The summed E-state index contributed by atoms with van der Waals surface area (Å²) in [7, 11) is 1.61. The first-order chi connectivity index (χ1) is 11.5. The summed E-state index contributed by atoms with van der Waals surface area (Å²) in [6, 6.07) is 5.11. The van der Waals surface area contributed by atoms with Crippen LogP contribution in [0.25, 0.3) is 0 Å². The van der Waals surface area contributed by atoms with Crippen LogP contribution in [0.3, 0.4) is 0 Å². The van der Waals surface area contributed by atoms with Crippen molar-refractivity contribution >= 4 is 27.8 Å². The first-order valence-electron chi connectivity index (χ1n) is 8.36. The van der Waals surface area contributed by atoms with Crippen molar-refractivity contribution in [3.63, 3.8) is 0 Å². The Bertz CT molecular complexity index is 648. The number of fused-ring (bicyclic) bond motifs is 1. The van der Waals surface area contributed by atoms with E-state index in [-0.39, 0.29) is 11.8 Å². The van der Waals surface area contributed by atoms with Gasteiger partial charge in [-0.3, -0.25) is 4.79 Å². The molecule has 1 aromatic rings. The smallest absolute Gasteiger partial charge is 0.326 e. The second-order valence-electron chi connectivity index (χ2n) is 6.65. The standard InChI is InChI=1S/C18H22BrNO4/c1-24-15-7-5-11(9-14(15)19)6-8-16(21)20-10-12-3-2-4-13(12)17(20)18(22)23/h5,7,9,12-13,17H,2-4,6,8,10H2,1H3,(H,22,23). The zero-order valence-corrected chi connectivity index (χ0v) is 15.3. The quantitative estimate of drug-likeness (QED) is 0.831. The molecule has 2 aliphatic rings. The summed E-state index contributed by atoms with van der Waals surface area (Å²) in [6.07, 6.45) is 3.99. The van der Waals surface area contributed by atoms with E-state index in [9.17, 15) is 14.7 Å². The van der Waals surface area contributed by atoms with Crippen molar-refractivity contribution in [2.24, 2.45) is 11.8 Å². The average Bonchev–Trinajstić information content (AvgIpc) is 3.12. The largest absolute Gasteiger partial charge is 0.496 e. The highest BCUT2D eigenvalue weighted by Gasteiger charge is 2.49. The van der Waals surface area contributed by atoms with E-state index in [0.717, 1.165) is 35.0 Å². The summed E-state index contributed by atoms with van der Waals surface area (Å²) in [6.45, 7) is 0.604. The number of nitrogens with zero attached hydrogens (tertiary/aromatic N) is 1. The second-order valence-corrected chi connectivity index (χ2v) is 7.51. The Morgan fingerprint density at radius 1 is 1.38 bits per heavy atom. The highest BCUT2D eigenvalue weighted by atomic mass is 79.9. The van der Waals surface area contributed by atoms with E-state index < -0.39 is 12.0 Å². The highest BCUT2D eigenvalue weighted by Crippen LogP contribution is 2.42. The van der Waals surface area contributed by atoms with Gasteiger partial charge in [0.25, 0.3) is 0 Å². The Hall–Kier alpha value is -1.56. The number of rotatable bonds is 5. The van der Waals surface area contributed by atoms with Crippen LogP contribution in [-0.4, -0.2) is 41.6 Å². The Morgan fingerprint density at radius 2 is 2.17 bits per heavy atom. The fourth-order valence-corrected chi connectivity index (χ4v) is 4.73. The molecular weight excluding hydrogens is 374 g/mol. The number of aryl methyl sites for hydroxylation is 1. The van der Waals surface area contributed by atoms with Crippen molar-refractivity contribution in [3.8, 4) is 5.75 Å². The van der Waals surface area contributed by atoms with Gasteiger partial charge in [-0.2, -0.15) is 0 Å². The van der Waals surface area contributed by atoms with Gasteiger partial charge in [-0.15, -0.1) is 0 Å². The molecule has 0 bridgehead atoms. The van der Waals surface area contributed by atoms with Crippen LogP contribution in [0.15, 0.2) is 22.7 Å². The molecular formula is C18H22BrNO4. The molecule has 24 heavy (non-hydrogen) atoms. The van der Waals surface area contributed by atoms with Crippen molar-refractivity contribution in [1.82, 2.24) is 4.90 Å². The number of ether oxygens (including phenoxy) is 1. The Labute approximate surface area is 150 Å². The van der Waals surface area contributed by atoms with Gasteiger partial charge in [-0.25, -0.2) is 4.79 Å². The minimum Gasteiger partial charge on any atom is -0.496 e. The number of hydrogen-bond acceptors (Lipinski definition) is 3. The van der Waals surface area contributed by atoms with Crippen LogP contribution in [0, 0.1) is 11.8 Å². The molecule has 6 heteroatoms. The Morgan fingerprint density at radius 3 is 2.83 bits per heavy atom. The lowest BCUT2D eigenvalue weighted by molar-refractivity contribution is -0.149. The van der Waals surface area contributed by atoms with Gasteiger partial charge in [0.05, 0.1) is 11.6 Å². The maximum Gasteiger partial charge on any atom is 0.326 e. The predicted octanol–water partition coefficient (Wildman–Crippen LogP) is 3.10. The third-order valence-corrected chi connectivity index (χ3v) is 5.93. The third-order valence-electron chi connectivity index (χ3n) is 5.31. The van der Waals surface area contributed by atoms with Crippen LogP contribution in [0.4, 0.5) is 0 Å². The molecule has 0 spiro atoms. The lowest BCUT2D eigenvalue weighted by Crippen LogP contribution is -2.43. The van der Waals surface area contributed by atoms with Gasteiger partial charge in [-0.05, 0) is 64.7 Å². The molecule has 1 N–H and O–H groups in total. The number of benzene rings is 1. The molecule has 0 radical (unpaired) electrons. The van der Waals surface area contributed by atoms with E-state index in [0.29, 0.717) is 25.3 Å². The first kappa shape index (κ1) is 17.3. The van der Waals surface area contributed by atoms with Gasteiger partial charge in [0.2, 0.25) is 5.91 Å². The number of hydrogen-bond donors (Lipinski definition) is 1. The lowest BCUT2D eigenvalue weighted by atomic mass is 9.94. The van der Waals surface area contributed by atoms with Crippen molar-refractivity contribution in [3.05, 3.63) is 28.2 Å². The van der Waals surface area contributed by atoms with Gasteiger partial charge in [0.1, 0.15) is 11.8 Å². The maximum absolute atomic E-state index is 12.6. The van der Waals surface area contributed by atoms with Gasteiger partial charge in [-0.1, -0.05) is 12.5 Å². The van der Waals surface area contributed by atoms with E-state index >= 15 is 0 Å². The first-order valence-corrected chi connectivity index (χ1v) is 9.15. The minimum atomic E-state index is -0.857. The van der Waals surface area contributed by atoms with Crippen molar-refractivity contribution in [1.29, 1.82) is 0 Å². The molecule has 2 fully saturated rings. The normalized spacial score (nSPS) is 25.6. The summed E-state index contributed by atoms with van der Waals surface area (Å²) < 4.78 is 6.06. The van der Waals surface area contributed by atoms with Gasteiger partial charge in [0.15, 0.2) is 0 Å². The predicted molar refractivity (Wildman–Crippen MR) is 93.0 cm³/mol. The second kappa shape index (κ2) is 7.13. The molecule has 1 aliphatic heterocycles. The number of carbonyl (C=O) groups excluding carboxylic acids is 1. The van der Waals surface area contributed by atoms with Gasteiger partial charge >= 0.3 is 5.97 Å². The number of likely N-dealkylation sites (tertiary alicyclic amines) is 1. The van der Waals surface area contributed by atoms with Crippen LogP contribution in [0.5, 0.6) is 5.75 Å². The van der Waals surface area contributed by atoms with Crippen molar-refractivity contribution in [2.45, 2.75) is 38.1 Å². The summed E-state index contributed by atoms with van der Waals surface area (Å²) in [4.78, 5) is 25.8. The summed E-state index contributed by atoms with van der Waals surface area (Å²) in [5.41, 5.74) is 1.03. The Balaban J connectivity index is 1.64. The molecule has 3 unspecified atom stereocenters. The van der Waals surface area contributed by atoms with E-state index in [1.807, 2.05) is 18.2 Å². The highest BCUT2D eigenvalue weighted by molar-refractivity contribution is 9.10. The molecule has 3 rings (SSSR count). The van der Waals surface area contributed by atoms with Crippen LogP contribution >= 0.6 is 15.9 Å². The third kappa shape index (κ3) is 3.29. The molecule has 1 aromatic carbocycles. The SMILES string of the molecule is COc1ccc(CCC(=O)N2CC3CCCC3C2C(=O)O)cc1Br. The van der Waals surface area contributed by atoms with E-state index in [1.165, 1.54) is 0 Å². The number of carboxylic acid groups (broad SMARTS) is 1. The monoisotopic (exact) mass is 395 g/mol. The van der Waals surface area contributed by atoms with Crippen LogP contribution in [0.2, 0.25) is 0 Å². The van der Waals surface area contributed by atoms with Gasteiger partial charge < -0.3 is 14.7 Å². The molecule has 0 aromatic heterocycles. The van der Waals surface area contributed by atoms with Crippen LogP contribution < -0.4 is 4.74 Å². The number of carbonyl (C=O) groups is 2. The molecule has 1 amide bonds. The van der Waals surface area contributed by atoms with Crippen molar-refractivity contribution in [2.75, 3.05) is 13.7 Å². The number of aliphatic carboxylic acids is 1. The molecule has 1 aliphatic carbocycles. The number of amides is 1. The molecule has 1 saturated heterocycles. The summed E-state index contributed by atoms with van der Waals surface area (Å²) in [5.74, 6) is 0.351. The number of carboxylic acids is 1. The molecule has 1 saturated carbocycles. The zero-order valence-electron chi connectivity index (χ0n) is 13.7. The summed E-state index contributed by atoms with van der Waals surface area (Å²) >= 11 is 3.44. The van der Waals surface area contributed by atoms with Gasteiger partial charge in [0, 0.05) is 13.0 Å². The average molecular weight is 396 g/mol. The lowest BCUT2D eigenvalue weighted by Gasteiger charge is -2.24. The summed E-state index contributed by atoms with van der Waals surface area (Å²) in [5, 5.41) is 9.54. The van der Waals surface area contributed by atoms with Crippen LogP contribution in [0.1, 0.15) is 31.2 Å². The van der Waals surface area contributed by atoms with E-state index in [4.69, 9.17) is 4.74 Å². The van der Waals surface area contributed by atoms with E-state index in [2.05, 4.69) is 15.9 Å². The number of methoxy groups -OCH3 is 1. The fourth-order valence-electron chi connectivity index (χ4n) is 4.14. The fraction of sp³-hybridized carbons (Fsp3) is 0.556. The molecule has 1 heterocycles. The molecule has 130 valence electrons. The zero-order chi connectivity index (χ0) is 17.3. The van der Waals surface area contributed by atoms with E-state index in [1.54, 1.807) is 12.0 Å². The van der Waals surface area contributed by atoms with Crippen molar-refractivity contribution < 1.29 is 19.4 Å². The minimum absolute atomic E-state index is 0.0521. The maximum atomic E-state index is 12.6.